The molecule has 2 aromatic heterocycles. The monoisotopic (exact) mass is 571 g/mol. The number of amides is 2. The van der Waals surface area contributed by atoms with E-state index in [1.54, 1.807) is 25.1 Å². The Morgan fingerprint density at radius 1 is 1.18 bits per heavy atom. The molecule has 0 aliphatic carbocycles. The van der Waals surface area contributed by atoms with Gasteiger partial charge in [0, 0.05) is 48.6 Å². The molecule has 3 aromatic rings. The van der Waals surface area contributed by atoms with Gasteiger partial charge in [0.05, 0.1) is 23.2 Å². The SMILES string of the molecule is CC(C)(O)C(=O)N1CC(Nc2ncc3c(c2F)[C@@](C)(c2cccc(Cl)c2F)CN(c2ccc(CO)cn2)C3=O)C1. The van der Waals surface area contributed by atoms with Gasteiger partial charge in [-0.15, -0.1) is 0 Å². The van der Waals surface area contributed by atoms with E-state index in [9.17, 15) is 19.8 Å². The Bertz CT molecular complexity index is 1490. The number of carbonyl (C=O) groups is 2. The number of fused-ring (bicyclic) bond motifs is 1. The van der Waals surface area contributed by atoms with Gasteiger partial charge in [0.15, 0.2) is 11.6 Å². The first-order valence-electron chi connectivity index (χ1n) is 12.6. The summed E-state index contributed by atoms with van der Waals surface area (Å²) in [6.45, 7) is 4.49. The van der Waals surface area contributed by atoms with Crippen LogP contribution in [0.5, 0.6) is 0 Å². The number of aliphatic hydroxyl groups excluding tert-OH is 1. The number of aromatic nitrogens is 2. The van der Waals surface area contributed by atoms with Gasteiger partial charge in [0.2, 0.25) is 0 Å². The highest BCUT2D eigenvalue weighted by Crippen LogP contribution is 2.44. The number of nitrogens with one attached hydrogen (secondary N) is 1. The van der Waals surface area contributed by atoms with E-state index in [0.717, 1.165) is 0 Å². The molecule has 12 heteroatoms. The lowest BCUT2D eigenvalue weighted by atomic mass is 9.71. The third-order valence-corrected chi connectivity index (χ3v) is 7.66. The van der Waals surface area contributed by atoms with Gasteiger partial charge in [-0.3, -0.25) is 14.5 Å². The zero-order valence-corrected chi connectivity index (χ0v) is 22.8. The molecular weight excluding hydrogens is 544 g/mol. The quantitative estimate of drug-likeness (QED) is 0.415. The zero-order chi connectivity index (χ0) is 29.0. The molecule has 3 N–H and O–H groups in total. The number of halogens is 3. The first-order valence-corrected chi connectivity index (χ1v) is 13.0. The molecule has 1 atom stereocenters. The maximum absolute atomic E-state index is 16.3. The van der Waals surface area contributed by atoms with Crippen LogP contribution < -0.4 is 10.2 Å². The van der Waals surface area contributed by atoms with Gasteiger partial charge in [-0.05, 0) is 38.5 Å². The van der Waals surface area contributed by atoms with E-state index in [1.807, 2.05) is 0 Å². The molecule has 1 aromatic carbocycles. The van der Waals surface area contributed by atoms with Crippen molar-refractivity contribution in [2.24, 2.45) is 0 Å². The van der Waals surface area contributed by atoms with Crippen molar-refractivity contribution in [2.45, 2.75) is 44.4 Å². The molecular formula is C28H28ClF2N5O4. The molecule has 0 spiro atoms. The lowest BCUT2D eigenvalue weighted by molar-refractivity contribution is -0.152. The molecule has 2 aliphatic rings. The zero-order valence-electron chi connectivity index (χ0n) is 22.1. The minimum atomic E-state index is -1.53. The van der Waals surface area contributed by atoms with E-state index in [1.165, 1.54) is 48.2 Å². The summed E-state index contributed by atoms with van der Waals surface area (Å²) < 4.78 is 31.8. The highest BCUT2D eigenvalue weighted by Gasteiger charge is 2.47. The number of rotatable bonds is 6. The number of likely N-dealkylation sites (tertiary alicyclic amines) is 1. The van der Waals surface area contributed by atoms with Gasteiger partial charge in [-0.1, -0.05) is 29.8 Å². The van der Waals surface area contributed by atoms with E-state index in [-0.39, 0.29) is 65.6 Å². The number of pyridine rings is 2. The second-order valence-corrected chi connectivity index (χ2v) is 11.2. The van der Waals surface area contributed by atoms with Crippen molar-refractivity contribution >= 4 is 35.1 Å². The van der Waals surface area contributed by atoms with Gasteiger partial charge in [0.25, 0.3) is 11.8 Å². The van der Waals surface area contributed by atoms with Crippen molar-refractivity contribution in [1.82, 2.24) is 14.9 Å². The van der Waals surface area contributed by atoms with E-state index >= 15 is 8.78 Å². The van der Waals surface area contributed by atoms with Crippen LogP contribution in [0.4, 0.5) is 20.4 Å². The first kappa shape index (κ1) is 27.9. The maximum Gasteiger partial charge on any atom is 0.261 e. The van der Waals surface area contributed by atoms with Gasteiger partial charge in [-0.2, -0.15) is 0 Å². The number of aliphatic hydroxyl groups is 2. The van der Waals surface area contributed by atoms with Crippen LogP contribution in [0.1, 0.15) is 47.8 Å². The third kappa shape index (κ3) is 4.67. The Labute approximate surface area is 234 Å². The molecule has 0 saturated carbocycles. The highest BCUT2D eigenvalue weighted by atomic mass is 35.5. The van der Waals surface area contributed by atoms with Crippen LogP contribution in [0, 0.1) is 11.6 Å². The average Bonchev–Trinajstić information content (AvgIpc) is 2.89. The summed E-state index contributed by atoms with van der Waals surface area (Å²) in [7, 11) is 0. The summed E-state index contributed by atoms with van der Waals surface area (Å²) in [6, 6.07) is 7.27. The molecule has 5 rings (SSSR count). The van der Waals surface area contributed by atoms with Crippen LogP contribution in [0.15, 0.2) is 42.7 Å². The van der Waals surface area contributed by atoms with Crippen LogP contribution in [0.25, 0.3) is 0 Å². The van der Waals surface area contributed by atoms with Crippen molar-refractivity contribution in [1.29, 1.82) is 0 Å². The lowest BCUT2D eigenvalue weighted by Crippen LogP contribution is -2.61. The molecule has 9 nitrogen and oxygen atoms in total. The molecule has 0 radical (unpaired) electrons. The molecule has 210 valence electrons. The minimum absolute atomic E-state index is 0.0388. The Kier molecular flexibility index (Phi) is 7.01. The summed E-state index contributed by atoms with van der Waals surface area (Å²) in [5.41, 5.74) is -2.39. The predicted molar refractivity (Wildman–Crippen MR) is 144 cm³/mol. The minimum Gasteiger partial charge on any atom is -0.392 e. The van der Waals surface area contributed by atoms with E-state index in [4.69, 9.17) is 11.6 Å². The molecule has 40 heavy (non-hydrogen) atoms. The van der Waals surface area contributed by atoms with Crippen LogP contribution in [0.2, 0.25) is 5.02 Å². The van der Waals surface area contributed by atoms with Crippen molar-refractivity contribution < 1.29 is 28.6 Å². The number of nitrogens with zero attached hydrogens (tertiary/aromatic N) is 4. The molecule has 1 fully saturated rings. The Morgan fingerprint density at radius 3 is 2.52 bits per heavy atom. The fourth-order valence-electron chi connectivity index (χ4n) is 5.22. The molecule has 2 aliphatic heterocycles. The molecule has 1 saturated heterocycles. The standard InChI is InChI=1S/C28H28ClF2N5O4/c1-27(2,40)26(39)35-11-16(12-35)34-24-23(31)21-17(10-33-24)25(38)36(20-8-7-15(13-37)9-32-20)14-28(21,3)18-5-4-6-19(29)22(18)30/h4-10,16,37,40H,11-14H2,1-3H3,(H,33,34)/t28-/m1/s1. The Hall–Kier alpha value is -3.67. The topological polar surface area (TPSA) is 119 Å². The van der Waals surface area contributed by atoms with E-state index < -0.39 is 34.5 Å². The van der Waals surface area contributed by atoms with Gasteiger partial charge in [0.1, 0.15) is 17.2 Å². The van der Waals surface area contributed by atoms with Crippen LogP contribution in [0.3, 0.4) is 0 Å². The summed E-state index contributed by atoms with van der Waals surface area (Å²) in [6.07, 6.45) is 2.67. The maximum atomic E-state index is 16.3. The van der Waals surface area contributed by atoms with Gasteiger partial charge in [-0.25, -0.2) is 18.7 Å². The lowest BCUT2D eigenvalue weighted by Gasteiger charge is -2.43. The summed E-state index contributed by atoms with van der Waals surface area (Å²) in [5.74, 6) is -2.46. The average molecular weight is 572 g/mol. The predicted octanol–water partition coefficient (Wildman–Crippen LogP) is 3.26. The summed E-state index contributed by atoms with van der Waals surface area (Å²) in [5, 5.41) is 22.2. The second kappa shape index (κ2) is 10.1. The van der Waals surface area contributed by atoms with E-state index in [0.29, 0.717) is 5.56 Å². The molecule has 2 amide bonds. The number of anilines is 2. The highest BCUT2D eigenvalue weighted by molar-refractivity contribution is 6.30. The fraction of sp³-hybridized carbons (Fsp3) is 0.357. The summed E-state index contributed by atoms with van der Waals surface area (Å²) >= 11 is 6.12. The fourth-order valence-corrected chi connectivity index (χ4v) is 5.40. The smallest absolute Gasteiger partial charge is 0.261 e. The van der Waals surface area contributed by atoms with Crippen LogP contribution in [-0.4, -0.2) is 68.2 Å². The number of benzene rings is 1. The largest absolute Gasteiger partial charge is 0.392 e. The first-order chi connectivity index (χ1) is 18.8. The van der Waals surface area contributed by atoms with Crippen molar-refractivity contribution in [3.8, 4) is 0 Å². The van der Waals surface area contributed by atoms with Gasteiger partial charge < -0.3 is 20.4 Å². The summed E-state index contributed by atoms with van der Waals surface area (Å²) in [4.78, 5) is 37.1. The molecule has 0 unspecified atom stereocenters. The number of hydrogen-bond acceptors (Lipinski definition) is 7. The number of carbonyl (C=O) groups excluding carboxylic acids is 2. The van der Waals surface area contributed by atoms with Crippen LogP contribution in [-0.2, 0) is 16.8 Å². The Morgan fingerprint density at radius 2 is 1.90 bits per heavy atom. The Balaban J connectivity index is 1.56. The van der Waals surface area contributed by atoms with Crippen molar-refractivity contribution in [3.05, 3.63) is 81.6 Å². The third-order valence-electron chi connectivity index (χ3n) is 7.37. The normalized spacial score (nSPS) is 19.4. The van der Waals surface area contributed by atoms with Crippen LogP contribution >= 0.6 is 11.6 Å². The second-order valence-electron chi connectivity index (χ2n) is 10.8. The number of hydrogen-bond donors (Lipinski definition) is 3. The molecule has 4 heterocycles. The molecule has 0 bridgehead atoms. The van der Waals surface area contributed by atoms with E-state index in [2.05, 4.69) is 15.3 Å². The van der Waals surface area contributed by atoms with Crippen molar-refractivity contribution in [2.75, 3.05) is 29.9 Å². The van der Waals surface area contributed by atoms with Crippen molar-refractivity contribution in [3.63, 3.8) is 0 Å². The van der Waals surface area contributed by atoms with Gasteiger partial charge >= 0.3 is 0 Å².